The van der Waals surface area contributed by atoms with Gasteiger partial charge in [0.05, 0.1) is 0 Å². The van der Waals surface area contributed by atoms with E-state index in [1.54, 1.807) is 6.92 Å². The summed E-state index contributed by atoms with van der Waals surface area (Å²) in [5, 5.41) is 0. The molecule has 1 saturated heterocycles. The Morgan fingerprint density at radius 3 is 2.35 bits per heavy atom. The van der Waals surface area contributed by atoms with Crippen molar-refractivity contribution >= 4 is 11.7 Å². The highest BCUT2D eigenvalue weighted by Gasteiger charge is 2.16. The summed E-state index contributed by atoms with van der Waals surface area (Å²) < 4.78 is 5.50. The van der Waals surface area contributed by atoms with Gasteiger partial charge in [-0.25, -0.2) is 0 Å². The molecular weight excluding hydrogens is 254 g/mol. The summed E-state index contributed by atoms with van der Waals surface area (Å²) >= 11 is 0. The predicted molar refractivity (Wildman–Crippen MR) is 76.8 cm³/mol. The minimum Gasteiger partial charge on any atom is -0.484 e. The lowest BCUT2D eigenvalue weighted by atomic mass is 10.1. The molecule has 0 radical (unpaired) electrons. The highest BCUT2D eigenvalue weighted by Crippen LogP contribution is 2.14. The fraction of sp³-hybridized carbons (Fsp3) is 0.500. The summed E-state index contributed by atoms with van der Waals surface area (Å²) in [7, 11) is 0. The van der Waals surface area contributed by atoms with Crippen molar-refractivity contribution in [3.8, 4) is 5.75 Å². The van der Waals surface area contributed by atoms with Crippen molar-refractivity contribution in [3.05, 3.63) is 29.8 Å². The van der Waals surface area contributed by atoms with Crippen LogP contribution in [0.5, 0.6) is 5.75 Å². The summed E-state index contributed by atoms with van der Waals surface area (Å²) in [5.41, 5.74) is 0.965. The first-order valence-electron chi connectivity index (χ1n) is 7.14. The van der Waals surface area contributed by atoms with Gasteiger partial charge in [0.1, 0.15) is 11.5 Å². The van der Waals surface area contributed by atoms with Gasteiger partial charge in [0.2, 0.25) is 0 Å². The zero-order valence-corrected chi connectivity index (χ0v) is 11.9. The van der Waals surface area contributed by atoms with E-state index in [1.807, 2.05) is 29.2 Å². The van der Waals surface area contributed by atoms with Gasteiger partial charge in [-0.2, -0.15) is 0 Å². The van der Waals surface area contributed by atoms with Crippen LogP contribution in [0.4, 0.5) is 0 Å². The number of piperidine rings is 1. The van der Waals surface area contributed by atoms with E-state index in [-0.39, 0.29) is 18.3 Å². The Morgan fingerprint density at radius 1 is 1.10 bits per heavy atom. The third-order valence-corrected chi connectivity index (χ3v) is 3.45. The second-order valence-corrected chi connectivity index (χ2v) is 5.25. The largest absolute Gasteiger partial charge is 0.484 e. The number of benzene rings is 1. The molecule has 0 unspecified atom stereocenters. The van der Waals surface area contributed by atoms with E-state index in [0.29, 0.717) is 12.2 Å². The van der Waals surface area contributed by atoms with Crippen LogP contribution in [0.3, 0.4) is 0 Å². The van der Waals surface area contributed by atoms with Gasteiger partial charge in [0.25, 0.3) is 5.91 Å². The number of Topliss-reactive ketones (excluding diaryl/α,β-unsaturated/α-hetero) is 1. The van der Waals surface area contributed by atoms with Gasteiger partial charge in [0.15, 0.2) is 6.61 Å². The van der Waals surface area contributed by atoms with E-state index >= 15 is 0 Å². The lowest BCUT2D eigenvalue weighted by Gasteiger charge is -2.26. The summed E-state index contributed by atoms with van der Waals surface area (Å²) in [6.07, 6.45) is 3.83. The molecule has 4 nitrogen and oxygen atoms in total. The third kappa shape index (κ3) is 4.37. The van der Waals surface area contributed by atoms with Crippen LogP contribution in [0.15, 0.2) is 24.3 Å². The van der Waals surface area contributed by atoms with Crippen LogP contribution in [0.1, 0.15) is 31.7 Å². The molecule has 0 N–H and O–H groups in total. The molecule has 0 spiro atoms. The molecule has 0 bridgehead atoms. The van der Waals surface area contributed by atoms with Crippen molar-refractivity contribution in [1.82, 2.24) is 4.90 Å². The molecule has 4 heteroatoms. The number of likely N-dealkylation sites (tertiary alicyclic amines) is 1. The molecule has 1 aromatic carbocycles. The van der Waals surface area contributed by atoms with Crippen LogP contribution in [0, 0.1) is 0 Å². The van der Waals surface area contributed by atoms with Crippen molar-refractivity contribution in [2.75, 3.05) is 19.7 Å². The normalized spacial score (nSPS) is 14.9. The van der Waals surface area contributed by atoms with Crippen LogP contribution >= 0.6 is 0 Å². The lowest BCUT2D eigenvalue weighted by molar-refractivity contribution is -0.134. The Labute approximate surface area is 119 Å². The number of ketones is 1. The Kier molecular flexibility index (Phi) is 5.16. The second-order valence-electron chi connectivity index (χ2n) is 5.25. The van der Waals surface area contributed by atoms with Gasteiger partial charge < -0.3 is 9.64 Å². The third-order valence-electron chi connectivity index (χ3n) is 3.45. The Balaban J connectivity index is 1.81. The van der Waals surface area contributed by atoms with Crippen LogP contribution in [0.25, 0.3) is 0 Å². The first kappa shape index (κ1) is 14.6. The van der Waals surface area contributed by atoms with Crippen molar-refractivity contribution in [1.29, 1.82) is 0 Å². The van der Waals surface area contributed by atoms with Crippen LogP contribution in [-0.2, 0) is 16.0 Å². The highest BCUT2D eigenvalue weighted by atomic mass is 16.5. The van der Waals surface area contributed by atoms with Gasteiger partial charge in [-0.15, -0.1) is 0 Å². The van der Waals surface area contributed by atoms with Crippen molar-refractivity contribution in [2.45, 2.75) is 32.6 Å². The average molecular weight is 275 g/mol. The zero-order chi connectivity index (χ0) is 14.4. The summed E-state index contributed by atoms with van der Waals surface area (Å²) in [4.78, 5) is 24.8. The second kappa shape index (κ2) is 7.08. The molecule has 0 saturated carbocycles. The molecule has 20 heavy (non-hydrogen) atoms. The Bertz CT molecular complexity index is 461. The van der Waals surface area contributed by atoms with Gasteiger partial charge in [-0.1, -0.05) is 12.1 Å². The Hall–Kier alpha value is -1.84. The molecule has 2 rings (SSSR count). The van der Waals surface area contributed by atoms with Gasteiger partial charge >= 0.3 is 0 Å². The fourth-order valence-corrected chi connectivity index (χ4v) is 2.37. The van der Waals surface area contributed by atoms with E-state index in [0.717, 1.165) is 31.5 Å². The van der Waals surface area contributed by atoms with Crippen molar-refractivity contribution in [2.24, 2.45) is 0 Å². The Morgan fingerprint density at radius 2 is 1.75 bits per heavy atom. The molecule has 1 fully saturated rings. The molecule has 0 aliphatic carbocycles. The molecule has 108 valence electrons. The molecule has 0 atom stereocenters. The van der Waals surface area contributed by atoms with Crippen molar-refractivity contribution < 1.29 is 14.3 Å². The van der Waals surface area contributed by atoms with Crippen LogP contribution in [0.2, 0.25) is 0 Å². The SMILES string of the molecule is CC(=O)Cc1ccc(OCC(=O)N2CCCCC2)cc1. The zero-order valence-electron chi connectivity index (χ0n) is 11.9. The first-order chi connectivity index (χ1) is 9.65. The molecule has 1 aliphatic heterocycles. The number of hydrogen-bond donors (Lipinski definition) is 0. The summed E-state index contributed by atoms with van der Waals surface area (Å²) in [6, 6.07) is 7.34. The monoisotopic (exact) mass is 275 g/mol. The number of nitrogens with zero attached hydrogens (tertiary/aromatic N) is 1. The van der Waals surface area contributed by atoms with Crippen LogP contribution < -0.4 is 4.74 Å². The molecule has 1 amide bonds. The topological polar surface area (TPSA) is 46.6 Å². The van der Waals surface area contributed by atoms with E-state index in [1.165, 1.54) is 6.42 Å². The fourth-order valence-electron chi connectivity index (χ4n) is 2.37. The van der Waals surface area contributed by atoms with Gasteiger partial charge in [-0.3, -0.25) is 9.59 Å². The molecule has 0 aromatic heterocycles. The van der Waals surface area contributed by atoms with E-state index < -0.39 is 0 Å². The quantitative estimate of drug-likeness (QED) is 0.827. The maximum absolute atomic E-state index is 11.9. The molecule has 1 heterocycles. The molecule has 1 aromatic rings. The van der Waals surface area contributed by atoms with E-state index in [4.69, 9.17) is 4.74 Å². The minimum absolute atomic E-state index is 0.0533. The van der Waals surface area contributed by atoms with E-state index in [9.17, 15) is 9.59 Å². The number of amides is 1. The maximum Gasteiger partial charge on any atom is 0.260 e. The number of carbonyl (C=O) groups is 2. The molecule has 1 aliphatic rings. The highest BCUT2D eigenvalue weighted by molar-refractivity contribution is 5.78. The standard InChI is InChI=1S/C16H21NO3/c1-13(18)11-14-5-7-15(8-6-14)20-12-16(19)17-9-3-2-4-10-17/h5-8H,2-4,9-12H2,1H3. The summed E-state index contributed by atoms with van der Waals surface area (Å²) in [5.74, 6) is 0.860. The van der Waals surface area contributed by atoms with E-state index in [2.05, 4.69) is 0 Å². The van der Waals surface area contributed by atoms with Gasteiger partial charge in [0, 0.05) is 19.5 Å². The number of rotatable bonds is 5. The first-order valence-corrected chi connectivity index (χ1v) is 7.14. The number of ether oxygens (including phenoxy) is 1. The number of carbonyl (C=O) groups excluding carboxylic acids is 2. The van der Waals surface area contributed by atoms with Gasteiger partial charge in [-0.05, 0) is 43.9 Å². The van der Waals surface area contributed by atoms with Crippen LogP contribution in [-0.4, -0.2) is 36.3 Å². The van der Waals surface area contributed by atoms with Crippen molar-refractivity contribution in [3.63, 3.8) is 0 Å². The smallest absolute Gasteiger partial charge is 0.260 e. The lowest BCUT2D eigenvalue weighted by Crippen LogP contribution is -2.38. The minimum atomic E-state index is 0.0533. The molecular formula is C16H21NO3. The predicted octanol–water partition coefficient (Wildman–Crippen LogP) is 2.21. The summed E-state index contributed by atoms with van der Waals surface area (Å²) in [6.45, 7) is 3.35. The average Bonchev–Trinajstić information content (AvgIpc) is 2.46. The maximum atomic E-state index is 11.9. The number of hydrogen-bond acceptors (Lipinski definition) is 3.